The molecule has 2 rings (SSSR count). The van der Waals surface area contributed by atoms with Crippen LogP contribution in [-0.4, -0.2) is 34.1 Å². The van der Waals surface area contributed by atoms with Crippen LogP contribution in [0.15, 0.2) is 22.7 Å². The zero-order valence-electron chi connectivity index (χ0n) is 13.1. The molecule has 1 aromatic heterocycles. The van der Waals surface area contributed by atoms with E-state index in [0.717, 1.165) is 40.8 Å². The average molecular weight is 373 g/mol. The third-order valence-electron chi connectivity index (χ3n) is 4.12. The van der Waals surface area contributed by atoms with Gasteiger partial charge in [-0.3, -0.25) is 0 Å². The molecule has 0 saturated carbocycles. The molecule has 2 unspecified atom stereocenters. The fourth-order valence-electron chi connectivity index (χ4n) is 2.44. The lowest BCUT2D eigenvalue weighted by molar-refractivity contribution is 0.242. The smallest absolute Gasteiger partial charge is 0.127 e. The van der Waals surface area contributed by atoms with Gasteiger partial charge in [0.1, 0.15) is 5.82 Å². The molecule has 0 fully saturated rings. The molecule has 1 heterocycles. The normalized spacial score (nSPS) is 14.8. The van der Waals surface area contributed by atoms with Crippen LogP contribution in [0.1, 0.15) is 38.4 Å². The number of likely N-dealkylation sites (N-methyl/N-ethyl adjacent to an activating group) is 1. The van der Waals surface area contributed by atoms with Crippen LogP contribution >= 0.6 is 27.5 Å². The second-order valence-electron chi connectivity index (χ2n) is 5.61. The highest BCUT2D eigenvalue weighted by Gasteiger charge is 2.16. The second-order valence-corrected chi connectivity index (χ2v) is 7.18. The van der Waals surface area contributed by atoms with Crippen molar-refractivity contribution < 1.29 is 0 Å². The molecule has 0 radical (unpaired) electrons. The number of hydrogen-bond donors (Lipinski definition) is 0. The van der Waals surface area contributed by atoms with E-state index in [0.29, 0.717) is 6.04 Å². The van der Waals surface area contributed by atoms with Gasteiger partial charge in [0.2, 0.25) is 0 Å². The van der Waals surface area contributed by atoms with Crippen molar-refractivity contribution in [2.45, 2.75) is 45.2 Å². The van der Waals surface area contributed by atoms with Crippen molar-refractivity contribution in [3.63, 3.8) is 0 Å². The summed E-state index contributed by atoms with van der Waals surface area (Å²) in [7, 11) is 2.17. The molecule has 0 N–H and O–H groups in total. The Balaban J connectivity index is 2.32. The third-order valence-corrected chi connectivity index (χ3v) is 4.80. The predicted molar refractivity (Wildman–Crippen MR) is 94.1 cm³/mol. The molecule has 0 aliphatic carbocycles. The summed E-state index contributed by atoms with van der Waals surface area (Å²) in [6, 6.07) is 6.77. The Bertz CT molecular complexity index is 609. The Morgan fingerprint density at radius 3 is 2.71 bits per heavy atom. The van der Waals surface area contributed by atoms with E-state index in [4.69, 9.17) is 11.6 Å². The first kappa shape index (κ1) is 16.8. The lowest BCUT2D eigenvalue weighted by Crippen LogP contribution is -2.31. The largest absolute Gasteiger partial charge is 0.325 e. The van der Waals surface area contributed by atoms with Gasteiger partial charge in [-0.2, -0.15) is 0 Å². The first-order chi connectivity index (χ1) is 9.93. The van der Waals surface area contributed by atoms with Crippen LogP contribution in [0.25, 0.3) is 11.0 Å². The number of alkyl halides is 1. The first-order valence-corrected chi connectivity index (χ1v) is 8.67. The van der Waals surface area contributed by atoms with E-state index >= 15 is 0 Å². The molecule has 2 atom stereocenters. The van der Waals surface area contributed by atoms with E-state index < -0.39 is 0 Å². The maximum atomic E-state index is 6.32. The SMILES string of the molecule is CCC(C)N(C)CCn1c(C(C)Cl)nc2ccc(Br)cc21. The molecule has 21 heavy (non-hydrogen) atoms. The molecule has 3 nitrogen and oxygen atoms in total. The van der Waals surface area contributed by atoms with Crippen molar-refractivity contribution in [3.05, 3.63) is 28.5 Å². The molecule has 0 bridgehead atoms. The number of aromatic nitrogens is 2. The van der Waals surface area contributed by atoms with Gasteiger partial charge in [-0.25, -0.2) is 4.98 Å². The maximum absolute atomic E-state index is 6.32. The van der Waals surface area contributed by atoms with Gasteiger partial charge in [0.15, 0.2) is 0 Å². The topological polar surface area (TPSA) is 21.1 Å². The number of nitrogens with zero attached hydrogens (tertiary/aromatic N) is 3. The minimum Gasteiger partial charge on any atom is -0.325 e. The van der Waals surface area contributed by atoms with Gasteiger partial charge in [0, 0.05) is 23.6 Å². The lowest BCUT2D eigenvalue weighted by Gasteiger charge is -2.24. The van der Waals surface area contributed by atoms with E-state index in [2.05, 4.69) is 57.3 Å². The maximum Gasteiger partial charge on any atom is 0.127 e. The van der Waals surface area contributed by atoms with Crippen molar-refractivity contribution in [1.82, 2.24) is 14.5 Å². The summed E-state index contributed by atoms with van der Waals surface area (Å²) in [6.45, 7) is 8.35. The third kappa shape index (κ3) is 3.79. The highest BCUT2D eigenvalue weighted by atomic mass is 79.9. The van der Waals surface area contributed by atoms with Gasteiger partial charge in [0.25, 0.3) is 0 Å². The molecule has 0 aliphatic rings. The zero-order valence-corrected chi connectivity index (χ0v) is 15.4. The van der Waals surface area contributed by atoms with Crippen LogP contribution in [0.4, 0.5) is 0 Å². The fourth-order valence-corrected chi connectivity index (χ4v) is 2.96. The van der Waals surface area contributed by atoms with Crippen LogP contribution in [0.5, 0.6) is 0 Å². The number of hydrogen-bond acceptors (Lipinski definition) is 2. The van der Waals surface area contributed by atoms with Crippen LogP contribution in [0, 0.1) is 0 Å². The Morgan fingerprint density at radius 1 is 1.38 bits per heavy atom. The molecule has 0 spiro atoms. The standard InChI is InChI=1S/C16H23BrClN3/c1-5-11(2)20(4)8-9-21-15-10-13(17)6-7-14(15)19-16(21)12(3)18/h6-7,10-12H,5,8-9H2,1-4H3. The Kier molecular flexibility index (Phi) is 5.69. The predicted octanol–water partition coefficient (Wildman–Crippen LogP) is 4.83. The Labute approximate surface area is 140 Å². The van der Waals surface area contributed by atoms with E-state index in [-0.39, 0.29) is 5.38 Å². The average Bonchev–Trinajstić information content (AvgIpc) is 2.81. The van der Waals surface area contributed by atoms with Crippen molar-refractivity contribution in [1.29, 1.82) is 0 Å². The minimum atomic E-state index is -0.0925. The van der Waals surface area contributed by atoms with E-state index in [1.165, 1.54) is 0 Å². The monoisotopic (exact) mass is 371 g/mol. The van der Waals surface area contributed by atoms with E-state index in [9.17, 15) is 0 Å². The number of rotatable bonds is 6. The fraction of sp³-hybridized carbons (Fsp3) is 0.562. The Morgan fingerprint density at radius 2 is 2.10 bits per heavy atom. The van der Waals surface area contributed by atoms with Gasteiger partial charge < -0.3 is 9.47 Å². The van der Waals surface area contributed by atoms with E-state index in [1.54, 1.807) is 0 Å². The minimum absolute atomic E-state index is 0.0925. The van der Waals surface area contributed by atoms with Gasteiger partial charge in [-0.05, 0) is 45.5 Å². The van der Waals surface area contributed by atoms with Crippen LogP contribution in [0.2, 0.25) is 0 Å². The van der Waals surface area contributed by atoms with Gasteiger partial charge in [0.05, 0.1) is 16.4 Å². The molecule has 5 heteroatoms. The summed E-state index contributed by atoms with van der Waals surface area (Å²) in [5.74, 6) is 0.947. The molecule has 0 saturated heterocycles. The van der Waals surface area contributed by atoms with Crippen molar-refractivity contribution in [3.8, 4) is 0 Å². The van der Waals surface area contributed by atoms with Crippen LogP contribution in [-0.2, 0) is 6.54 Å². The molecule has 2 aromatic rings. The van der Waals surface area contributed by atoms with E-state index in [1.807, 2.05) is 19.1 Å². The summed E-state index contributed by atoms with van der Waals surface area (Å²) >= 11 is 9.86. The van der Waals surface area contributed by atoms with Gasteiger partial charge in [-0.1, -0.05) is 22.9 Å². The number of benzene rings is 1. The summed E-state index contributed by atoms with van der Waals surface area (Å²) in [4.78, 5) is 7.07. The summed E-state index contributed by atoms with van der Waals surface area (Å²) < 4.78 is 3.32. The molecule has 116 valence electrons. The highest BCUT2D eigenvalue weighted by molar-refractivity contribution is 9.10. The van der Waals surface area contributed by atoms with Crippen molar-refractivity contribution >= 4 is 38.6 Å². The number of fused-ring (bicyclic) bond motifs is 1. The summed E-state index contributed by atoms with van der Waals surface area (Å²) in [6.07, 6.45) is 1.16. The van der Waals surface area contributed by atoms with Crippen molar-refractivity contribution in [2.75, 3.05) is 13.6 Å². The molecular weight excluding hydrogens is 350 g/mol. The molecule has 0 aliphatic heterocycles. The quantitative estimate of drug-likeness (QED) is 0.677. The van der Waals surface area contributed by atoms with Crippen LogP contribution in [0.3, 0.4) is 0 Å². The zero-order chi connectivity index (χ0) is 15.6. The van der Waals surface area contributed by atoms with Crippen molar-refractivity contribution in [2.24, 2.45) is 0 Å². The lowest BCUT2D eigenvalue weighted by atomic mass is 10.2. The Hall–Kier alpha value is -0.580. The summed E-state index contributed by atoms with van der Waals surface area (Å²) in [5.41, 5.74) is 2.15. The highest BCUT2D eigenvalue weighted by Crippen LogP contribution is 2.26. The van der Waals surface area contributed by atoms with Gasteiger partial charge >= 0.3 is 0 Å². The number of imidazole rings is 1. The second kappa shape index (κ2) is 7.12. The number of halogens is 2. The summed E-state index contributed by atoms with van der Waals surface area (Å²) in [5, 5.41) is -0.0925. The molecule has 1 aromatic carbocycles. The van der Waals surface area contributed by atoms with Gasteiger partial charge in [-0.15, -0.1) is 11.6 Å². The molecular formula is C16H23BrClN3. The molecule has 0 amide bonds. The first-order valence-electron chi connectivity index (χ1n) is 7.44. The van der Waals surface area contributed by atoms with Crippen LogP contribution < -0.4 is 0 Å².